The zero-order valence-electron chi connectivity index (χ0n) is 12.5. The Morgan fingerprint density at radius 2 is 2.00 bits per heavy atom. The van der Waals surface area contributed by atoms with Crippen molar-refractivity contribution in [2.75, 3.05) is 33.2 Å². The Hall–Kier alpha value is -0.900. The molecule has 110 valence electrons. The highest BCUT2D eigenvalue weighted by Gasteiger charge is 2.34. The van der Waals surface area contributed by atoms with Crippen LogP contribution in [0.15, 0.2) is 30.3 Å². The molecule has 3 nitrogen and oxygen atoms in total. The van der Waals surface area contributed by atoms with Crippen molar-refractivity contribution in [3.05, 3.63) is 35.9 Å². The molecular weight excluding hydrogens is 246 g/mol. The van der Waals surface area contributed by atoms with Crippen LogP contribution in [-0.2, 0) is 0 Å². The van der Waals surface area contributed by atoms with Crippen LogP contribution in [-0.4, -0.2) is 49.1 Å². The van der Waals surface area contributed by atoms with Gasteiger partial charge in [-0.15, -0.1) is 0 Å². The summed E-state index contributed by atoms with van der Waals surface area (Å²) in [6, 6.07) is 11.5. The maximum absolute atomic E-state index is 6.37. The van der Waals surface area contributed by atoms with Crippen molar-refractivity contribution in [2.24, 2.45) is 11.7 Å². The molecule has 2 aliphatic rings. The predicted octanol–water partition coefficient (Wildman–Crippen LogP) is 2.10. The van der Waals surface area contributed by atoms with Gasteiger partial charge >= 0.3 is 0 Å². The standard InChI is InChI=1S/C17H27N3/c1-19-10-5-8-15-12-20(11-9-17(15)19)13-16(18)14-6-3-2-4-7-14/h2-4,6-7,15-17H,5,8-13,18H2,1H3. The summed E-state index contributed by atoms with van der Waals surface area (Å²) in [6.07, 6.45) is 4.06. The average molecular weight is 273 g/mol. The third-order valence-corrected chi connectivity index (χ3v) is 5.11. The first-order chi connectivity index (χ1) is 9.74. The molecule has 0 spiro atoms. The summed E-state index contributed by atoms with van der Waals surface area (Å²) in [5.74, 6) is 0.852. The van der Waals surface area contributed by atoms with Gasteiger partial charge in [0.2, 0.25) is 0 Å². The molecule has 2 aliphatic heterocycles. The van der Waals surface area contributed by atoms with Crippen molar-refractivity contribution < 1.29 is 0 Å². The number of nitrogens with zero attached hydrogens (tertiary/aromatic N) is 2. The Morgan fingerprint density at radius 1 is 1.20 bits per heavy atom. The largest absolute Gasteiger partial charge is 0.323 e. The minimum absolute atomic E-state index is 0.147. The third-order valence-electron chi connectivity index (χ3n) is 5.11. The minimum Gasteiger partial charge on any atom is -0.323 e. The van der Waals surface area contributed by atoms with Crippen LogP contribution in [0, 0.1) is 5.92 Å². The van der Waals surface area contributed by atoms with Crippen molar-refractivity contribution in [3.63, 3.8) is 0 Å². The molecule has 3 heteroatoms. The summed E-state index contributed by atoms with van der Waals surface area (Å²) < 4.78 is 0. The Kier molecular flexibility index (Phi) is 4.39. The van der Waals surface area contributed by atoms with Gasteiger partial charge in [-0.1, -0.05) is 30.3 Å². The first-order valence-electron chi connectivity index (χ1n) is 7.97. The average Bonchev–Trinajstić information content (AvgIpc) is 2.48. The lowest BCUT2D eigenvalue weighted by atomic mass is 9.84. The van der Waals surface area contributed by atoms with E-state index in [1.165, 1.54) is 44.5 Å². The number of benzene rings is 1. The molecule has 2 N–H and O–H groups in total. The van der Waals surface area contributed by atoms with Crippen LogP contribution in [0.4, 0.5) is 0 Å². The fraction of sp³-hybridized carbons (Fsp3) is 0.647. The smallest absolute Gasteiger partial charge is 0.0424 e. The van der Waals surface area contributed by atoms with E-state index in [1.807, 2.05) is 0 Å². The summed E-state index contributed by atoms with van der Waals surface area (Å²) in [5, 5.41) is 0. The third kappa shape index (κ3) is 3.05. The van der Waals surface area contributed by atoms with Crippen LogP contribution in [0.3, 0.4) is 0 Å². The lowest BCUT2D eigenvalue weighted by molar-refractivity contribution is 0.0364. The van der Waals surface area contributed by atoms with E-state index in [0.29, 0.717) is 0 Å². The molecule has 0 aromatic heterocycles. The SMILES string of the molecule is CN1CCCC2CN(CC(N)c3ccccc3)CCC21. The topological polar surface area (TPSA) is 32.5 Å². The number of likely N-dealkylation sites (tertiary alicyclic amines) is 2. The van der Waals surface area contributed by atoms with Crippen molar-refractivity contribution >= 4 is 0 Å². The van der Waals surface area contributed by atoms with Gasteiger partial charge in [0, 0.05) is 25.2 Å². The van der Waals surface area contributed by atoms with Gasteiger partial charge in [0.15, 0.2) is 0 Å². The Bertz CT molecular complexity index is 420. The van der Waals surface area contributed by atoms with Crippen LogP contribution >= 0.6 is 0 Å². The second-order valence-corrected chi connectivity index (χ2v) is 6.52. The molecule has 3 rings (SSSR count). The molecule has 2 heterocycles. The zero-order chi connectivity index (χ0) is 13.9. The number of piperidine rings is 2. The molecule has 0 aliphatic carbocycles. The maximum atomic E-state index is 6.37. The molecular formula is C17H27N3. The summed E-state index contributed by atoms with van der Waals surface area (Å²) in [5.41, 5.74) is 7.63. The maximum Gasteiger partial charge on any atom is 0.0424 e. The lowest BCUT2D eigenvalue weighted by Gasteiger charge is -2.46. The van der Waals surface area contributed by atoms with Gasteiger partial charge in [-0.25, -0.2) is 0 Å². The van der Waals surface area contributed by atoms with Crippen LogP contribution in [0.2, 0.25) is 0 Å². The summed E-state index contributed by atoms with van der Waals surface area (Å²) in [6.45, 7) is 4.71. The van der Waals surface area contributed by atoms with E-state index in [2.05, 4.69) is 47.2 Å². The molecule has 20 heavy (non-hydrogen) atoms. The number of nitrogens with two attached hydrogens (primary N) is 1. The van der Waals surface area contributed by atoms with Crippen LogP contribution in [0.1, 0.15) is 30.9 Å². The first-order valence-corrected chi connectivity index (χ1v) is 7.97. The summed E-state index contributed by atoms with van der Waals surface area (Å²) in [7, 11) is 2.29. The van der Waals surface area contributed by atoms with Crippen molar-refractivity contribution in [3.8, 4) is 0 Å². The number of hydrogen-bond donors (Lipinski definition) is 1. The molecule has 3 unspecified atom stereocenters. The van der Waals surface area contributed by atoms with E-state index in [0.717, 1.165) is 18.5 Å². The monoisotopic (exact) mass is 273 g/mol. The fourth-order valence-corrected chi connectivity index (χ4v) is 3.98. The van der Waals surface area contributed by atoms with Gasteiger partial charge in [-0.2, -0.15) is 0 Å². The Labute approximate surface area is 122 Å². The number of rotatable bonds is 3. The van der Waals surface area contributed by atoms with E-state index in [-0.39, 0.29) is 6.04 Å². The van der Waals surface area contributed by atoms with E-state index in [4.69, 9.17) is 5.73 Å². The van der Waals surface area contributed by atoms with Gasteiger partial charge in [0.1, 0.15) is 0 Å². The minimum atomic E-state index is 0.147. The molecule has 3 atom stereocenters. The van der Waals surface area contributed by atoms with Crippen molar-refractivity contribution in [1.82, 2.24) is 9.80 Å². The molecule has 1 aromatic rings. The second kappa shape index (κ2) is 6.25. The van der Waals surface area contributed by atoms with Gasteiger partial charge in [0.05, 0.1) is 0 Å². The second-order valence-electron chi connectivity index (χ2n) is 6.52. The normalized spacial score (nSPS) is 29.9. The molecule has 2 saturated heterocycles. The molecule has 0 radical (unpaired) electrons. The summed E-state index contributed by atoms with van der Waals surface area (Å²) >= 11 is 0. The fourth-order valence-electron chi connectivity index (χ4n) is 3.98. The van der Waals surface area contributed by atoms with E-state index in [1.54, 1.807) is 0 Å². The van der Waals surface area contributed by atoms with E-state index >= 15 is 0 Å². The van der Waals surface area contributed by atoms with Gasteiger partial charge < -0.3 is 15.5 Å². The van der Waals surface area contributed by atoms with E-state index in [9.17, 15) is 0 Å². The van der Waals surface area contributed by atoms with Crippen LogP contribution in [0.25, 0.3) is 0 Å². The quantitative estimate of drug-likeness (QED) is 0.915. The Morgan fingerprint density at radius 3 is 2.80 bits per heavy atom. The van der Waals surface area contributed by atoms with Crippen LogP contribution in [0.5, 0.6) is 0 Å². The predicted molar refractivity (Wildman–Crippen MR) is 83.6 cm³/mol. The molecule has 2 fully saturated rings. The summed E-state index contributed by atoms with van der Waals surface area (Å²) in [4.78, 5) is 5.15. The molecule has 0 amide bonds. The van der Waals surface area contributed by atoms with Gasteiger partial charge in [-0.3, -0.25) is 0 Å². The first kappa shape index (κ1) is 14.1. The molecule has 0 saturated carbocycles. The van der Waals surface area contributed by atoms with Crippen molar-refractivity contribution in [2.45, 2.75) is 31.3 Å². The highest BCUT2D eigenvalue weighted by Crippen LogP contribution is 2.30. The van der Waals surface area contributed by atoms with Gasteiger partial charge in [0.25, 0.3) is 0 Å². The Balaban J connectivity index is 1.57. The van der Waals surface area contributed by atoms with E-state index < -0.39 is 0 Å². The molecule has 1 aromatic carbocycles. The number of hydrogen-bond acceptors (Lipinski definition) is 3. The van der Waals surface area contributed by atoms with Gasteiger partial charge in [-0.05, 0) is 50.9 Å². The zero-order valence-corrected chi connectivity index (χ0v) is 12.5. The number of fused-ring (bicyclic) bond motifs is 1. The van der Waals surface area contributed by atoms with Crippen LogP contribution < -0.4 is 5.73 Å². The molecule has 0 bridgehead atoms. The lowest BCUT2D eigenvalue weighted by Crippen LogP contribution is -2.53. The highest BCUT2D eigenvalue weighted by molar-refractivity contribution is 5.18. The van der Waals surface area contributed by atoms with Crippen molar-refractivity contribution in [1.29, 1.82) is 0 Å². The highest BCUT2D eigenvalue weighted by atomic mass is 15.2.